The number of amides is 2. The standard InChI is InChI=1S/C21H25BrN2O3S/c1-27-14-16-9-7-15(8-10-16)13-23-21(26)19(11-12-28-2)24-20(25)17-5-3-4-6-18(17)22/h3-10,19H,11-14H2,1-2H3,(H,23,26)(H,24,25). The Balaban J connectivity index is 1.98. The maximum atomic E-state index is 12.7. The third-order valence-corrected chi connectivity index (χ3v) is 5.49. The fourth-order valence-corrected chi connectivity index (χ4v) is 3.55. The lowest BCUT2D eigenvalue weighted by Gasteiger charge is -2.19. The van der Waals surface area contributed by atoms with Gasteiger partial charge in [-0.05, 0) is 57.6 Å². The van der Waals surface area contributed by atoms with Crippen LogP contribution in [0.25, 0.3) is 0 Å². The summed E-state index contributed by atoms with van der Waals surface area (Å²) in [4.78, 5) is 25.3. The van der Waals surface area contributed by atoms with Gasteiger partial charge in [0.1, 0.15) is 6.04 Å². The first-order valence-corrected chi connectivity index (χ1v) is 11.1. The molecule has 0 radical (unpaired) electrons. The maximum absolute atomic E-state index is 12.7. The van der Waals surface area contributed by atoms with E-state index in [1.54, 1.807) is 37.1 Å². The molecule has 150 valence electrons. The van der Waals surface area contributed by atoms with Crippen molar-refractivity contribution in [3.8, 4) is 0 Å². The SMILES string of the molecule is COCc1ccc(CNC(=O)C(CCSC)NC(=O)c2ccccc2Br)cc1. The summed E-state index contributed by atoms with van der Waals surface area (Å²) in [6, 6.07) is 14.5. The zero-order valence-electron chi connectivity index (χ0n) is 16.0. The molecule has 2 rings (SSSR count). The molecule has 2 aromatic rings. The highest BCUT2D eigenvalue weighted by atomic mass is 79.9. The third-order valence-electron chi connectivity index (χ3n) is 4.15. The Bertz CT molecular complexity index is 783. The van der Waals surface area contributed by atoms with Gasteiger partial charge < -0.3 is 15.4 Å². The number of halogens is 1. The quantitative estimate of drug-likeness (QED) is 0.561. The van der Waals surface area contributed by atoms with Crippen LogP contribution in [0, 0.1) is 0 Å². The fraction of sp³-hybridized carbons (Fsp3) is 0.333. The van der Waals surface area contributed by atoms with E-state index in [2.05, 4.69) is 26.6 Å². The van der Waals surface area contributed by atoms with Crippen LogP contribution in [-0.2, 0) is 22.7 Å². The van der Waals surface area contributed by atoms with Gasteiger partial charge in [0, 0.05) is 18.1 Å². The van der Waals surface area contributed by atoms with Gasteiger partial charge in [0.15, 0.2) is 0 Å². The van der Waals surface area contributed by atoms with E-state index in [1.165, 1.54) is 0 Å². The Kier molecular flexibility index (Phi) is 9.54. The first-order chi connectivity index (χ1) is 13.5. The van der Waals surface area contributed by atoms with Crippen LogP contribution in [-0.4, -0.2) is 37.0 Å². The molecule has 0 aliphatic carbocycles. The van der Waals surface area contributed by atoms with Crippen LogP contribution in [0.3, 0.4) is 0 Å². The summed E-state index contributed by atoms with van der Waals surface area (Å²) in [5, 5.41) is 5.78. The van der Waals surface area contributed by atoms with Gasteiger partial charge in [0.2, 0.25) is 5.91 Å². The molecule has 0 aromatic heterocycles. The summed E-state index contributed by atoms with van der Waals surface area (Å²) < 4.78 is 5.80. The van der Waals surface area contributed by atoms with Gasteiger partial charge in [-0.15, -0.1) is 0 Å². The molecule has 0 spiro atoms. The molecular weight excluding hydrogens is 440 g/mol. The number of rotatable bonds is 10. The molecule has 2 N–H and O–H groups in total. The molecule has 2 amide bonds. The van der Waals surface area contributed by atoms with Gasteiger partial charge in [-0.3, -0.25) is 9.59 Å². The molecule has 28 heavy (non-hydrogen) atoms. The molecular formula is C21H25BrN2O3S. The topological polar surface area (TPSA) is 67.4 Å². The van der Waals surface area contributed by atoms with Crippen molar-refractivity contribution >= 4 is 39.5 Å². The van der Waals surface area contributed by atoms with Crippen molar-refractivity contribution in [1.29, 1.82) is 0 Å². The number of carbonyl (C=O) groups excluding carboxylic acids is 2. The number of ether oxygens (including phenoxy) is 1. The Labute approximate surface area is 178 Å². The minimum absolute atomic E-state index is 0.185. The summed E-state index contributed by atoms with van der Waals surface area (Å²) in [5.74, 6) is 0.327. The number of thioether (sulfide) groups is 1. The van der Waals surface area contributed by atoms with Crippen molar-refractivity contribution < 1.29 is 14.3 Å². The van der Waals surface area contributed by atoms with E-state index in [9.17, 15) is 9.59 Å². The zero-order valence-corrected chi connectivity index (χ0v) is 18.4. The Hall–Kier alpha value is -1.83. The highest BCUT2D eigenvalue weighted by Crippen LogP contribution is 2.16. The summed E-state index contributed by atoms with van der Waals surface area (Å²) in [5.41, 5.74) is 2.59. The number of benzene rings is 2. The smallest absolute Gasteiger partial charge is 0.253 e. The van der Waals surface area contributed by atoms with E-state index in [-0.39, 0.29) is 11.8 Å². The summed E-state index contributed by atoms with van der Waals surface area (Å²) in [6.45, 7) is 0.969. The predicted octanol–water partition coefficient (Wildman–Crippen LogP) is 3.76. The summed E-state index contributed by atoms with van der Waals surface area (Å²) in [6.07, 6.45) is 2.54. The van der Waals surface area contributed by atoms with Crippen LogP contribution in [0.2, 0.25) is 0 Å². The van der Waals surface area contributed by atoms with Crippen LogP contribution in [0.1, 0.15) is 27.9 Å². The minimum atomic E-state index is -0.583. The van der Waals surface area contributed by atoms with Crippen molar-refractivity contribution in [2.24, 2.45) is 0 Å². The molecule has 0 heterocycles. The largest absolute Gasteiger partial charge is 0.380 e. The number of carbonyl (C=O) groups is 2. The first kappa shape index (κ1) is 22.5. The Morgan fingerprint density at radius 1 is 1.11 bits per heavy atom. The van der Waals surface area contributed by atoms with Gasteiger partial charge in [-0.2, -0.15) is 11.8 Å². The van der Waals surface area contributed by atoms with Crippen LogP contribution in [0.4, 0.5) is 0 Å². The van der Waals surface area contributed by atoms with E-state index in [4.69, 9.17) is 4.74 Å². The van der Waals surface area contributed by atoms with E-state index < -0.39 is 6.04 Å². The van der Waals surface area contributed by atoms with Crippen LogP contribution in [0.5, 0.6) is 0 Å². The van der Waals surface area contributed by atoms with E-state index in [0.29, 0.717) is 29.6 Å². The highest BCUT2D eigenvalue weighted by Gasteiger charge is 2.21. The van der Waals surface area contributed by atoms with Crippen LogP contribution >= 0.6 is 27.7 Å². The van der Waals surface area contributed by atoms with Gasteiger partial charge >= 0.3 is 0 Å². The fourth-order valence-electron chi connectivity index (χ4n) is 2.62. The highest BCUT2D eigenvalue weighted by molar-refractivity contribution is 9.10. The zero-order chi connectivity index (χ0) is 20.4. The van der Waals surface area contributed by atoms with Crippen molar-refractivity contribution in [1.82, 2.24) is 10.6 Å². The van der Waals surface area contributed by atoms with E-state index in [1.807, 2.05) is 36.6 Å². The molecule has 0 saturated heterocycles. The molecule has 1 atom stereocenters. The van der Waals surface area contributed by atoms with Gasteiger partial charge in [-0.25, -0.2) is 0 Å². The maximum Gasteiger partial charge on any atom is 0.253 e. The van der Waals surface area contributed by atoms with E-state index >= 15 is 0 Å². The van der Waals surface area contributed by atoms with Crippen molar-refractivity contribution in [2.75, 3.05) is 19.1 Å². The lowest BCUT2D eigenvalue weighted by atomic mass is 10.1. The summed E-state index contributed by atoms with van der Waals surface area (Å²) >= 11 is 5.02. The van der Waals surface area contributed by atoms with Crippen molar-refractivity contribution in [3.05, 3.63) is 69.7 Å². The second-order valence-corrected chi connectivity index (χ2v) is 8.09. The molecule has 2 aromatic carbocycles. The molecule has 7 heteroatoms. The number of hydrogen-bond donors (Lipinski definition) is 2. The molecule has 0 bridgehead atoms. The molecule has 0 saturated carbocycles. The lowest BCUT2D eigenvalue weighted by Crippen LogP contribution is -2.47. The second-order valence-electron chi connectivity index (χ2n) is 6.25. The predicted molar refractivity (Wildman–Crippen MR) is 117 cm³/mol. The average molecular weight is 465 g/mol. The lowest BCUT2D eigenvalue weighted by molar-refractivity contribution is -0.123. The Morgan fingerprint density at radius 2 is 1.79 bits per heavy atom. The Morgan fingerprint density at radius 3 is 2.43 bits per heavy atom. The van der Waals surface area contributed by atoms with Gasteiger partial charge in [-0.1, -0.05) is 36.4 Å². The number of nitrogens with one attached hydrogen (secondary N) is 2. The molecule has 5 nitrogen and oxygen atoms in total. The van der Waals surface area contributed by atoms with Crippen molar-refractivity contribution in [2.45, 2.75) is 25.6 Å². The van der Waals surface area contributed by atoms with Crippen molar-refractivity contribution in [3.63, 3.8) is 0 Å². The van der Waals surface area contributed by atoms with E-state index in [0.717, 1.165) is 16.9 Å². The molecule has 0 fully saturated rings. The van der Waals surface area contributed by atoms with Gasteiger partial charge in [0.25, 0.3) is 5.91 Å². The first-order valence-electron chi connectivity index (χ1n) is 8.94. The van der Waals surface area contributed by atoms with Gasteiger partial charge in [0.05, 0.1) is 12.2 Å². The van der Waals surface area contributed by atoms with Crippen LogP contribution < -0.4 is 10.6 Å². The number of hydrogen-bond acceptors (Lipinski definition) is 4. The molecule has 1 unspecified atom stereocenters. The minimum Gasteiger partial charge on any atom is -0.380 e. The normalized spacial score (nSPS) is 11.7. The average Bonchev–Trinajstić information content (AvgIpc) is 2.70. The monoisotopic (exact) mass is 464 g/mol. The third kappa shape index (κ3) is 6.96. The second kappa shape index (κ2) is 11.9. The molecule has 0 aliphatic rings. The summed E-state index contributed by atoms with van der Waals surface area (Å²) in [7, 11) is 1.66. The van der Waals surface area contributed by atoms with Crippen LogP contribution in [0.15, 0.2) is 53.0 Å². The number of methoxy groups -OCH3 is 1. The molecule has 0 aliphatic heterocycles.